The first kappa shape index (κ1) is 19.2. The molecule has 4 rings (SSSR count). The molecular weight excluding hydrogens is 376 g/mol. The van der Waals surface area contributed by atoms with Gasteiger partial charge in [-0.2, -0.15) is 0 Å². The van der Waals surface area contributed by atoms with Crippen molar-refractivity contribution in [1.82, 2.24) is 19.7 Å². The number of piperazine rings is 1. The van der Waals surface area contributed by atoms with Crippen LogP contribution in [0.4, 0.5) is 0 Å². The fourth-order valence-electron chi connectivity index (χ4n) is 3.69. The minimum absolute atomic E-state index is 0.0382. The molecule has 8 heteroatoms. The Labute approximate surface area is 169 Å². The first-order chi connectivity index (χ1) is 13.6. The van der Waals surface area contributed by atoms with Crippen LogP contribution in [0.1, 0.15) is 36.0 Å². The van der Waals surface area contributed by atoms with Gasteiger partial charge in [0.2, 0.25) is 11.8 Å². The van der Waals surface area contributed by atoms with Crippen LogP contribution in [0.3, 0.4) is 0 Å². The first-order valence-electron chi connectivity index (χ1n) is 10.1. The summed E-state index contributed by atoms with van der Waals surface area (Å²) in [6.45, 7) is 4.13. The molecule has 0 radical (unpaired) electrons. The fraction of sp³-hybridized carbons (Fsp3) is 0.600. The molecule has 3 heterocycles. The molecule has 3 fully saturated rings. The molecule has 1 aromatic rings. The molecule has 3 amide bonds. The van der Waals surface area contributed by atoms with Gasteiger partial charge in [-0.05, 0) is 37.8 Å². The van der Waals surface area contributed by atoms with E-state index in [0.717, 1.165) is 43.8 Å². The predicted octanol–water partition coefficient (Wildman–Crippen LogP) is 1.49. The number of nitrogens with zero attached hydrogens (tertiary/aromatic N) is 4. The van der Waals surface area contributed by atoms with Crippen molar-refractivity contribution in [3.8, 4) is 0 Å². The van der Waals surface area contributed by atoms with Crippen LogP contribution in [0.25, 0.3) is 0 Å². The van der Waals surface area contributed by atoms with E-state index in [1.807, 2.05) is 20.8 Å². The van der Waals surface area contributed by atoms with Crippen molar-refractivity contribution in [1.29, 1.82) is 0 Å². The molecule has 2 saturated heterocycles. The molecule has 1 saturated carbocycles. The average Bonchev–Trinajstić information content (AvgIpc) is 3.45. The van der Waals surface area contributed by atoms with Gasteiger partial charge in [0, 0.05) is 51.4 Å². The smallest absolute Gasteiger partial charge is 0.255 e. The molecule has 3 aliphatic rings. The zero-order valence-corrected chi connectivity index (χ0v) is 16.8. The minimum atomic E-state index is 0.0382. The first-order valence-corrected chi connectivity index (χ1v) is 11.0. The van der Waals surface area contributed by atoms with E-state index in [2.05, 4.69) is 4.98 Å². The number of carbonyl (C=O) groups excluding carboxylic acids is 3. The molecule has 0 atom stereocenters. The van der Waals surface area contributed by atoms with Crippen LogP contribution in [-0.4, -0.2) is 82.4 Å². The van der Waals surface area contributed by atoms with Gasteiger partial charge in [-0.25, -0.2) is 4.98 Å². The molecule has 1 aliphatic carbocycles. The summed E-state index contributed by atoms with van der Waals surface area (Å²) in [4.78, 5) is 46.8. The average molecular weight is 403 g/mol. The second-order valence-corrected chi connectivity index (χ2v) is 8.65. The third-order valence-corrected chi connectivity index (χ3v) is 6.52. The number of thioether (sulfide) groups is 1. The standard InChI is InChI=1S/C20H26N4O3S/c25-18(22-9-11-24(12-10-22)19(26)15-3-4-15)14-28-17-6-5-16(13-21-17)20(27)23-7-1-2-8-23/h5-6,13,15H,1-4,7-12,14H2. The number of aromatic nitrogens is 1. The van der Waals surface area contributed by atoms with E-state index in [1.54, 1.807) is 12.3 Å². The summed E-state index contributed by atoms with van der Waals surface area (Å²) in [7, 11) is 0. The molecule has 1 aromatic heterocycles. The van der Waals surface area contributed by atoms with E-state index in [-0.39, 0.29) is 23.6 Å². The zero-order valence-electron chi connectivity index (χ0n) is 16.0. The van der Waals surface area contributed by atoms with Crippen molar-refractivity contribution in [2.24, 2.45) is 5.92 Å². The van der Waals surface area contributed by atoms with Crippen LogP contribution in [0.5, 0.6) is 0 Å². The summed E-state index contributed by atoms with van der Waals surface area (Å²) in [5.41, 5.74) is 0.606. The number of pyridine rings is 1. The lowest BCUT2D eigenvalue weighted by Crippen LogP contribution is -2.51. The highest BCUT2D eigenvalue weighted by molar-refractivity contribution is 7.99. The van der Waals surface area contributed by atoms with Crippen molar-refractivity contribution in [3.63, 3.8) is 0 Å². The molecule has 0 aromatic carbocycles. The van der Waals surface area contributed by atoms with Gasteiger partial charge in [-0.15, -0.1) is 0 Å². The number of hydrogen-bond donors (Lipinski definition) is 0. The Kier molecular flexibility index (Phi) is 5.85. The third-order valence-electron chi connectivity index (χ3n) is 5.59. The highest BCUT2D eigenvalue weighted by Gasteiger charge is 2.35. The second-order valence-electron chi connectivity index (χ2n) is 7.65. The molecular formula is C20H26N4O3S. The van der Waals surface area contributed by atoms with E-state index in [9.17, 15) is 14.4 Å². The molecule has 7 nitrogen and oxygen atoms in total. The Morgan fingerprint density at radius 3 is 2.21 bits per heavy atom. The predicted molar refractivity (Wildman–Crippen MR) is 106 cm³/mol. The Morgan fingerprint density at radius 2 is 1.61 bits per heavy atom. The van der Waals surface area contributed by atoms with Crippen molar-refractivity contribution in [2.45, 2.75) is 30.7 Å². The lowest BCUT2D eigenvalue weighted by molar-refractivity contribution is -0.139. The van der Waals surface area contributed by atoms with Crippen molar-refractivity contribution >= 4 is 29.5 Å². The Hall–Kier alpha value is -2.09. The van der Waals surface area contributed by atoms with E-state index < -0.39 is 0 Å². The molecule has 0 N–H and O–H groups in total. The van der Waals surface area contributed by atoms with Gasteiger partial charge in [0.25, 0.3) is 5.91 Å². The second kappa shape index (κ2) is 8.51. The van der Waals surface area contributed by atoms with E-state index >= 15 is 0 Å². The van der Waals surface area contributed by atoms with Crippen LogP contribution in [0.15, 0.2) is 23.4 Å². The molecule has 0 spiro atoms. The number of carbonyl (C=O) groups is 3. The number of amides is 3. The van der Waals surface area contributed by atoms with Crippen LogP contribution in [0.2, 0.25) is 0 Å². The van der Waals surface area contributed by atoms with Crippen molar-refractivity contribution in [2.75, 3.05) is 45.0 Å². The van der Waals surface area contributed by atoms with Crippen LogP contribution in [-0.2, 0) is 9.59 Å². The maximum Gasteiger partial charge on any atom is 0.255 e. The third kappa shape index (κ3) is 4.48. The Morgan fingerprint density at radius 1 is 0.929 bits per heavy atom. The lowest BCUT2D eigenvalue weighted by atomic mass is 10.2. The zero-order chi connectivity index (χ0) is 19.5. The SMILES string of the molecule is O=C(CSc1ccc(C(=O)N2CCCC2)cn1)N1CCN(C(=O)C2CC2)CC1. The molecule has 150 valence electrons. The molecule has 0 unspecified atom stereocenters. The summed E-state index contributed by atoms with van der Waals surface area (Å²) >= 11 is 1.39. The van der Waals surface area contributed by atoms with E-state index in [4.69, 9.17) is 0 Å². The number of rotatable bonds is 5. The van der Waals surface area contributed by atoms with Crippen LogP contribution >= 0.6 is 11.8 Å². The van der Waals surface area contributed by atoms with E-state index in [0.29, 0.717) is 37.5 Å². The van der Waals surface area contributed by atoms with Gasteiger partial charge in [0.15, 0.2) is 0 Å². The normalized spacial score (nSPS) is 19.8. The van der Waals surface area contributed by atoms with E-state index in [1.165, 1.54) is 11.8 Å². The molecule has 0 bridgehead atoms. The summed E-state index contributed by atoms with van der Waals surface area (Å²) in [5, 5.41) is 0.744. The van der Waals surface area contributed by atoms with Crippen LogP contribution < -0.4 is 0 Å². The molecule has 2 aliphatic heterocycles. The summed E-state index contributed by atoms with van der Waals surface area (Å²) in [6.07, 6.45) is 5.78. The lowest BCUT2D eigenvalue weighted by Gasteiger charge is -2.34. The summed E-state index contributed by atoms with van der Waals surface area (Å²) < 4.78 is 0. The van der Waals surface area contributed by atoms with Crippen molar-refractivity contribution < 1.29 is 14.4 Å². The summed E-state index contributed by atoms with van der Waals surface area (Å²) in [5.74, 6) is 0.931. The molecule has 28 heavy (non-hydrogen) atoms. The maximum atomic E-state index is 12.5. The highest BCUT2D eigenvalue weighted by Crippen LogP contribution is 2.31. The van der Waals surface area contributed by atoms with Gasteiger partial charge in [0.1, 0.15) is 0 Å². The fourth-order valence-corrected chi connectivity index (χ4v) is 4.43. The topological polar surface area (TPSA) is 73.8 Å². The maximum absolute atomic E-state index is 12.5. The van der Waals surface area contributed by atoms with Crippen molar-refractivity contribution in [3.05, 3.63) is 23.9 Å². The quantitative estimate of drug-likeness (QED) is 0.698. The highest BCUT2D eigenvalue weighted by atomic mass is 32.2. The van der Waals surface area contributed by atoms with Gasteiger partial charge >= 0.3 is 0 Å². The van der Waals surface area contributed by atoms with Gasteiger partial charge in [-0.3, -0.25) is 14.4 Å². The van der Waals surface area contributed by atoms with Gasteiger partial charge < -0.3 is 14.7 Å². The number of hydrogen-bond acceptors (Lipinski definition) is 5. The van der Waals surface area contributed by atoms with Crippen LogP contribution in [0, 0.1) is 5.92 Å². The summed E-state index contributed by atoms with van der Waals surface area (Å²) in [6, 6.07) is 3.61. The van der Waals surface area contributed by atoms with Gasteiger partial charge in [0.05, 0.1) is 16.3 Å². The largest absolute Gasteiger partial charge is 0.339 e. The monoisotopic (exact) mass is 402 g/mol. The number of likely N-dealkylation sites (tertiary alicyclic amines) is 1. The minimum Gasteiger partial charge on any atom is -0.339 e. The Balaban J connectivity index is 1.22. The Bertz CT molecular complexity index is 736. The van der Waals surface area contributed by atoms with Gasteiger partial charge in [-0.1, -0.05) is 11.8 Å².